The van der Waals surface area contributed by atoms with E-state index >= 15 is 0 Å². The van der Waals surface area contributed by atoms with E-state index in [1.165, 1.54) is 10.9 Å². The molecule has 0 spiro atoms. The van der Waals surface area contributed by atoms with E-state index in [1.807, 2.05) is 0 Å². The van der Waals surface area contributed by atoms with Crippen LogP contribution in [-0.4, -0.2) is 32.3 Å². The number of ether oxygens (including phenoxy) is 1. The monoisotopic (exact) mass is 276 g/mol. The van der Waals surface area contributed by atoms with E-state index in [0.29, 0.717) is 23.6 Å². The van der Waals surface area contributed by atoms with Crippen molar-refractivity contribution >= 4 is 23.2 Å². The number of esters is 1. The Morgan fingerprint density at radius 1 is 1.53 bits per heavy atom. The summed E-state index contributed by atoms with van der Waals surface area (Å²) in [6, 6.07) is 3.41. The average Bonchev–Trinajstić information content (AvgIpc) is 2.89. The van der Waals surface area contributed by atoms with Crippen LogP contribution in [0.25, 0.3) is 5.82 Å². The number of pyridine rings is 1. The van der Waals surface area contributed by atoms with Crippen LogP contribution >= 0.6 is 12.2 Å². The Kier molecular flexibility index (Phi) is 3.86. The molecule has 0 aliphatic carbocycles. The standard InChI is InChI=1S/C12H12N4O2S/c1-2-18-12(17)9-6-15-16(7-9)10-5-8(11(13)19)3-4-14-10/h3-7H,2H2,1H3,(H2,13,19). The molecule has 0 atom stereocenters. The zero-order chi connectivity index (χ0) is 13.8. The van der Waals surface area contributed by atoms with Crippen LogP contribution in [0.5, 0.6) is 0 Å². The molecule has 2 heterocycles. The van der Waals surface area contributed by atoms with E-state index in [1.54, 1.807) is 31.5 Å². The first kappa shape index (κ1) is 13.2. The Hall–Kier alpha value is -2.28. The van der Waals surface area contributed by atoms with Gasteiger partial charge in [0.25, 0.3) is 0 Å². The third-order valence-electron chi connectivity index (χ3n) is 2.36. The molecule has 0 amide bonds. The number of hydrogen-bond acceptors (Lipinski definition) is 5. The fourth-order valence-electron chi connectivity index (χ4n) is 1.46. The quantitative estimate of drug-likeness (QED) is 0.664. The summed E-state index contributed by atoms with van der Waals surface area (Å²) >= 11 is 4.90. The second-order valence-corrected chi connectivity index (χ2v) is 4.10. The lowest BCUT2D eigenvalue weighted by Gasteiger charge is -2.02. The Labute approximate surface area is 115 Å². The highest BCUT2D eigenvalue weighted by Crippen LogP contribution is 2.09. The lowest BCUT2D eigenvalue weighted by molar-refractivity contribution is 0.0526. The van der Waals surface area contributed by atoms with Gasteiger partial charge in [-0.1, -0.05) is 12.2 Å². The molecule has 2 rings (SSSR count). The third kappa shape index (κ3) is 2.94. The van der Waals surface area contributed by atoms with E-state index in [9.17, 15) is 4.79 Å². The van der Waals surface area contributed by atoms with E-state index in [0.717, 1.165) is 0 Å². The molecule has 7 heteroatoms. The van der Waals surface area contributed by atoms with E-state index in [2.05, 4.69) is 10.1 Å². The van der Waals surface area contributed by atoms with Crippen LogP contribution in [0, 0.1) is 0 Å². The van der Waals surface area contributed by atoms with Crippen molar-refractivity contribution in [2.75, 3.05) is 6.61 Å². The fraction of sp³-hybridized carbons (Fsp3) is 0.167. The van der Waals surface area contributed by atoms with Crippen molar-refractivity contribution < 1.29 is 9.53 Å². The van der Waals surface area contributed by atoms with Gasteiger partial charge in [-0.25, -0.2) is 14.5 Å². The van der Waals surface area contributed by atoms with Crippen LogP contribution in [0.1, 0.15) is 22.8 Å². The number of rotatable bonds is 4. The van der Waals surface area contributed by atoms with Crippen LogP contribution in [-0.2, 0) is 4.74 Å². The Balaban J connectivity index is 2.30. The zero-order valence-electron chi connectivity index (χ0n) is 10.2. The highest BCUT2D eigenvalue weighted by molar-refractivity contribution is 7.80. The molecule has 0 aliphatic heterocycles. The summed E-state index contributed by atoms with van der Waals surface area (Å²) in [5, 5.41) is 4.06. The molecule has 0 unspecified atom stereocenters. The number of aromatic nitrogens is 3. The fourth-order valence-corrected chi connectivity index (χ4v) is 1.59. The lowest BCUT2D eigenvalue weighted by Crippen LogP contribution is -2.10. The predicted molar refractivity (Wildman–Crippen MR) is 73.2 cm³/mol. The topological polar surface area (TPSA) is 83.0 Å². The molecule has 2 aromatic rings. The molecule has 0 saturated carbocycles. The summed E-state index contributed by atoms with van der Waals surface area (Å²) in [5.41, 5.74) is 6.61. The van der Waals surface area contributed by atoms with Crippen molar-refractivity contribution in [3.63, 3.8) is 0 Å². The number of nitrogens with two attached hydrogens (primary N) is 1. The minimum absolute atomic E-state index is 0.279. The number of nitrogens with zero attached hydrogens (tertiary/aromatic N) is 3. The van der Waals surface area contributed by atoms with Crippen molar-refractivity contribution in [2.45, 2.75) is 6.92 Å². The molecular formula is C12H12N4O2S. The molecule has 0 fully saturated rings. The summed E-state index contributed by atoms with van der Waals surface area (Å²) in [7, 11) is 0. The maximum atomic E-state index is 11.5. The molecular weight excluding hydrogens is 264 g/mol. The van der Waals surface area contributed by atoms with Gasteiger partial charge in [-0.3, -0.25) is 0 Å². The SMILES string of the molecule is CCOC(=O)c1cnn(-c2cc(C(N)=S)ccn2)c1. The Morgan fingerprint density at radius 3 is 3.00 bits per heavy atom. The maximum absolute atomic E-state index is 11.5. The van der Waals surface area contributed by atoms with Gasteiger partial charge in [-0.2, -0.15) is 5.10 Å². The van der Waals surface area contributed by atoms with Crippen LogP contribution < -0.4 is 5.73 Å². The third-order valence-corrected chi connectivity index (χ3v) is 2.59. The summed E-state index contributed by atoms with van der Waals surface area (Å²) in [6.07, 6.45) is 4.55. The summed E-state index contributed by atoms with van der Waals surface area (Å²) < 4.78 is 6.35. The van der Waals surface area contributed by atoms with Gasteiger partial charge in [0.2, 0.25) is 0 Å². The molecule has 0 radical (unpaired) electrons. The van der Waals surface area contributed by atoms with Gasteiger partial charge in [0.05, 0.1) is 18.4 Å². The van der Waals surface area contributed by atoms with Crippen LogP contribution in [0.2, 0.25) is 0 Å². The van der Waals surface area contributed by atoms with Crippen LogP contribution in [0.15, 0.2) is 30.7 Å². The van der Waals surface area contributed by atoms with Crippen LogP contribution in [0.4, 0.5) is 0 Å². The lowest BCUT2D eigenvalue weighted by atomic mass is 10.2. The molecule has 0 aliphatic rings. The second kappa shape index (κ2) is 5.57. The number of thiocarbonyl (C=S) groups is 1. The number of carbonyl (C=O) groups excluding carboxylic acids is 1. The van der Waals surface area contributed by atoms with Crippen molar-refractivity contribution in [3.05, 3.63) is 41.9 Å². The molecule has 6 nitrogen and oxygen atoms in total. The van der Waals surface area contributed by atoms with E-state index < -0.39 is 5.97 Å². The summed E-state index contributed by atoms with van der Waals surface area (Å²) in [4.78, 5) is 16.0. The zero-order valence-corrected chi connectivity index (χ0v) is 11.1. The van der Waals surface area contributed by atoms with Gasteiger partial charge in [0.15, 0.2) is 5.82 Å². The Morgan fingerprint density at radius 2 is 2.32 bits per heavy atom. The van der Waals surface area contributed by atoms with Crippen molar-refractivity contribution in [3.8, 4) is 5.82 Å². The minimum Gasteiger partial charge on any atom is -0.462 e. The predicted octanol–water partition coefficient (Wildman–Crippen LogP) is 1.08. The van der Waals surface area contributed by atoms with Gasteiger partial charge in [-0.05, 0) is 19.1 Å². The van der Waals surface area contributed by atoms with Crippen molar-refractivity contribution in [1.82, 2.24) is 14.8 Å². The van der Waals surface area contributed by atoms with Gasteiger partial charge >= 0.3 is 5.97 Å². The summed E-state index contributed by atoms with van der Waals surface area (Å²) in [5.74, 6) is 0.111. The van der Waals surface area contributed by atoms with E-state index in [-0.39, 0.29) is 4.99 Å². The highest BCUT2D eigenvalue weighted by atomic mass is 32.1. The average molecular weight is 276 g/mol. The summed E-state index contributed by atoms with van der Waals surface area (Å²) in [6.45, 7) is 2.06. The highest BCUT2D eigenvalue weighted by Gasteiger charge is 2.11. The Bertz CT molecular complexity index is 624. The largest absolute Gasteiger partial charge is 0.462 e. The number of carbonyl (C=O) groups is 1. The van der Waals surface area contributed by atoms with Crippen molar-refractivity contribution in [1.29, 1.82) is 0 Å². The molecule has 19 heavy (non-hydrogen) atoms. The molecule has 2 aromatic heterocycles. The second-order valence-electron chi connectivity index (χ2n) is 3.66. The van der Waals surface area contributed by atoms with Gasteiger partial charge in [0, 0.05) is 18.0 Å². The van der Waals surface area contributed by atoms with Gasteiger partial charge in [-0.15, -0.1) is 0 Å². The molecule has 0 aromatic carbocycles. The molecule has 98 valence electrons. The number of hydrogen-bond donors (Lipinski definition) is 1. The molecule has 0 saturated heterocycles. The van der Waals surface area contributed by atoms with Crippen molar-refractivity contribution in [2.24, 2.45) is 5.73 Å². The maximum Gasteiger partial charge on any atom is 0.341 e. The first-order chi connectivity index (χ1) is 9.11. The van der Waals surface area contributed by atoms with Crippen LogP contribution in [0.3, 0.4) is 0 Å². The smallest absolute Gasteiger partial charge is 0.341 e. The molecule has 0 bridgehead atoms. The first-order valence-electron chi connectivity index (χ1n) is 5.60. The van der Waals surface area contributed by atoms with Gasteiger partial charge < -0.3 is 10.5 Å². The normalized spacial score (nSPS) is 10.2. The molecule has 2 N–H and O–H groups in total. The first-order valence-corrected chi connectivity index (χ1v) is 6.00. The van der Waals surface area contributed by atoms with Gasteiger partial charge in [0.1, 0.15) is 4.99 Å². The van der Waals surface area contributed by atoms with E-state index in [4.69, 9.17) is 22.7 Å². The minimum atomic E-state index is -0.417.